The number of rotatable bonds is 12. The van der Waals surface area contributed by atoms with Crippen LogP contribution in [0.15, 0.2) is 121 Å². The van der Waals surface area contributed by atoms with Crippen LogP contribution in [0.4, 0.5) is 0 Å². The zero-order valence-corrected chi connectivity index (χ0v) is 40.9. The van der Waals surface area contributed by atoms with Crippen molar-refractivity contribution >= 4 is 93.4 Å². The van der Waals surface area contributed by atoms with E-state index in [-0.39, 0.29) is 19.5 Å². The van der Waals surface area contributed by atoms with Crippen molar-refractivity contribution < 1.29 is 19.5 Å². The Balaban J connectivity index is 0.00000576. The number of aromatic amines is 2. The molecule has 5 heterocycles. The van der Waals surface area contributed by atoms with Crippen LogP contribution in [0.2, 0.25) is 0 Å². The minimum atomic E-state index is 0. The summed E-state index contributed by atoms with van der Waals surface area (Å²) in [5, 5.41) is 46.5. The Morgan fingerprint density at radius 2 is 0.615 bits per heavy atom. The fourth-order valence-electron chi connectivity index (χ4n) is 8.15. The number of thioether (sulfide) groups is 4. The summed E-state index contributed by atoms with van der Waals surface area (Å²) in [7, 11) is 0. The fraction of sp³-hybridized carbons (Fsp3) is 0.0769. The van der Waals surface area contributed by atoms with Gasteiger partial charge in [0.15, 0.2) is 0 Å². The van der Waals surface area contributed by atoms with Crippen LogP contribution in [-0.4, -0.2) is 19.9 Å². The molecule has 0 saturated heterocycles. The van der Waals surface area contributed by atoms with Crippen molar-refractivity contribution in [3.05, 3.63) is 166 Å². The number of aromatic nitrogens is 4. The molecule has 0 radical (unpaired) electrons. The summed E-state index contributed by atoms with van der Waals surface area (Å²) >= 11 is 4.82. The first-order valence-corrected chi connectivity index (χ1v) is 24.0. The topological polar surface area (TPSA) is 153 Å². The summed E-state index contributed by atoms with van der Waals surface area (Å²) in [5.41, 5.74) is 18.0. The Kier molecular flexibility index (Phi) is 14.5. The van der Waals surface area contributed by atoms with Crippen molar-refractivity contribution in [1.82, 2.24) is 19.9 Å². The van der Waals surface area contributed by atoms with Gasteiger partial charge in [-0.05, 0) is 140 Å². The number of nitrogens with zero attached hydrogens (tertiary/aromatic N) is 6. The van der Waals surface area contributed by atoms with E-state index >= 15 is 0 Å². The van der Waals surface area contributed by atoms with Crippen molar-refractivity contribution in [3.8, 4) is 66.1 Å². The number of hydrogen-bond donors (Lipinski definition) is 2. The third-order valence-electron chi connectivity index (χ3n) is 10.8. The van der Waals surface area contributed by atoms with E-state index in [1.54, 1.807) is 0 Å². The van der Waals surface area contributed by atoms with Gasteiger partial charge in [0.25, 0.3) is 0 Å². The average Bonchev–Trinajstić information content (AvgIpc) is 4.18. The van der Waals surface area contributed by atoms with Gasteiger partial charge in [0, 0.05) is 86.8 Å². The van der Waals surface area contributed by atoms with E-state index in [0.717, 1.165) is 112 Å². The van der Waals surface area contributed by atoms with Crippen molar-refractivity contribution in [1.29, 1.82) is 21.0 Å². The molecular formula is C52H34N8S4Zn. The molecule has 7 aromatic rings. The summed E-state index contributed by atoms with van der Waals surface area (Å²) in [5.74, 6) is 2.19. The van der Waals surface area contributed by atoms with Crippen LogP contribution in [0.3, 0.4) is 0 Å². The SMILES string of the molecule is N#CSCc1cccc(-c2c3nc(c(-c4cccc(CSC#N)c4)c4ccc([nH]4)c(-c4cccc(CSC#N)c4)c4nc(c(-c5cccc(CSC#N)c5)c5ccc2[nH]5)C=C4)C=C3)c1.[Zn]. The zero-order chi connectivity index (χ0) is 43.8. The van der Waals surface area contributed by atoms with Gasteiger partial charge in [0.2, 0.25) is 0 Å². The predicted octanol–water partition coefficient (Wildman–Crippen LogP) is 14.2. The number of nitriles is 4. The van der Waals surface area contributed by atoms with Gasteiger partial charge in [-0.15, -0.1) is 0 Å². The number of benzene rings is 4. The molecule has 0 aliphatic carbocycles. The van der Waals surface area contributed by atoms with Gasteiger partial charge >= 0.3 is 0 Å². The molecule has 8 nitrogen and oxygen atoms in total. The standard InChI is InChI=1S/C52H34N8S4.Zn/c53-29-61-25-33-5-1-9-37(21-33)49-41-13-15-43(57-41)50(38-10-2-6-34(22-38)26-62-30-54)45-17-19-47(59-45)52(40-12-4-8-36(24-40)28-64-32-56)48-20-18-46(60-48)51(44-16-14-42(49)58-44)39-11-3-7-35(23-39)27-63-31-55;/h1-24,57,60H,25-28H2;. The first-order chi connectivity index (χ1) is 31.5. The maximum absolute atomic E-state index is 9.41. The normalized spacial score (nSPS) is 11.3. The van der Waals surface area contributed by atoms with Gasteiger partial charge in [-0.3, -0.25) is 0 Å². The van der Waals surface area contributed by atoms with Crippen molar-refractivity contribution in [3.63, 3.8) is 0 Å². The molecule has 3 aromatic heterocycles. The molecule has 2 aliphatic rings. The molecule has 0 fully saturated rings. The molecule has 2 aliphatic heterocycles. The maximum atomic E-state index is 9.41. The number of thiocyanates is 4. The first kappa shape index (κ1) is 45.0. The van der Waals surface area contributed by atoms with Crippen molar-refractivity contribution in [2.75, 3.05) is 0 Å². The monoisotopic (exact) mass is 962 g/mol. The summed E-state index contributed by atoms with van der Waals surface area (Å²) in [6, 6.07) is 41.4. The minimum Gasteiger partial charge on any atom is -0.354 e. The van der Waals surface area contributed by atoms with Gasteiger partial charge in [0.1, 0.15) is 21.6 Å². The molecule has 0 amide bonds. The number of H-pyrrole nitrogens is 2. The van der Waals surface area contributed by atoms with E-state index in [1.165, 1.54) is 47.0 Å². The molecule has 0 saturated carbocycles. The Morgan fingerprint density at radius 3 is 0.846 bits per heavy atom. The van der Waals surface area contributed by atoms with Gasteiger partial charge < -0.3 is 9.97 Å². The third kappa shape index (κ3) is 9.92. The maximum Gasteiger partial charge on any atom is 0.133 e. The summed E-state index contributed by atoms with van der Waals surface area (Å²) in [4.78, 5) is 18.5. The first-order valence-electron chi connectivity index (χ1n) is 20.1. The molecule has 4 aromatic carbocycles. The molecule has 9 rings (SSSR count). The molecule has 2 N–H and O–H groups in total. The summed E-state index contributed by atoms with van der Waals surface area (Å²) in [6.45, 7) is 0. The minimum absolute atomic E-state index is 0. The van der Waals surface area contributed by atoms with E-state index < -0.39 is 0 Å². The van der Waals surface area contributed by atoms with Crippen LogP contribution < -0.4 is 0 Å². The van der Waals surface area contributed by atoms with Crippen LogP contribution in [0.5, 0.6) is 0 Å². The molecular weight excluding hydrogens is 930 g/mol. The van der Waals surface area contributed by atoms with Crippen molar-refractivity contribution in [2.24, 2.45) is 0 Å². The molecule has 8 bridgehead atoms. The smallest absolute Gasteiger partial charge is 0.133 e. The quantitative estimate of drug-likeness (QED) is 0.0894. The Morgan fingerprint density at radius 1 is 0.369 bits per heavy atom. The Hall–Kier alpha value is -6.54. The zero-order valence-electron chi connectivity index (χ0n) is 34.7. The van der Waals surface area contributed by atoms with Gasteiger partial charge in [-0.25, -0.2) is 9.97 Å². The number of hydrogen-bond acceptors (Lipinski definition) is 10. The Labute approximate surface area is 406 Å². The predicted molar refractivity (Wildman–Crippen MR) is 268 cm³/mol. The van der Waals surface area contributed by atoms with E-state index in [0.29, 0.717) is 23.0 Å². The van der Waals surface area contributed by atoms with Crippen molar-refractivity contribution in [2.45, 2.75) is 23.0 Å². The van der Waals surface area contributed by atoms with Crippen LogP contribution >= 0.6 is 47.0 Å². The molecule has 308 valence electrons. The average molecular weight is 965 g/mol. The number of nitrogens with one attached hydrogen (secondary N) is 2. The van der Waals surface area contributed by atoms with E-state index in [9.17, 15) is 21.0 Å². The van der Waals surface area contributed by atoms with Crippen LogP contribution in [0, 0.1) is 42.7 Å². The molecule has 13 heteroatoms. The van der Waals surface area contributed by atoms with E-state index in [4.69, 9.17) is 9.97 Å². The van der Waals surface area contributed by atoms with E-state index in [1.807, 2.05) is 48.5 Å². The largest absolute Gasteiger partial charge is 0.354 e. The summed E-state index contributed by atoms with van der Waals surface area (Å²) < 4.78 is 0. The molecule has 65 heavy (non-hydrogen) atoms. The van der Waals surface area contributed by atoms with Gasteiger partial charge in [0.05, 0.1) is 22.8 Å². The van der Waals surface area contributed by atoms with Crippen LogP contribution in [-0.2, 0) is 42.5 Å². The molecule has 0 atom stereocenters. The third-order valence-corrected chi connectivity index (χ3v) is 13.3. The second-order valence-electron chi connectivity index (χ2n) is 14.8. The molecule has 0 spiro atoms. The van der Waals surface area contributed by atoms with Crippen LogP contribution in [0.25, 0.3) is 90.9 Å². The Bertz CT molecular complexity index is 2940. The second kappa shape index (κ2) is 21.0. The fourth-order valence-corrected chi connectivity index (χ4v) is 9.79. The van der Waals surface area contributed by atoms with Gasteiger partial charge in [-0.2, -0.15) is 21.0 Å². The van der Waals surface area contributed by atoms with Crippen LogP contribution in [0.1, 0.15) is 45.0 Å². The number of fused-ring (bicyclic) bond motifs is 8. The van der Waals surface area contributed by atoms with Gasteiger partial charge in [-0.1, -0.05) is 97.1 Å². The molecule has 0 unspecified atom stereocenters. The summed E-state index contributed by atoms with van der Waals surface area (Å²) in [6.07, 6.45) is 8.25. The van der Waals surface area contributed by atoms with E-state index in [2.05, 4.69) is 129 Å². The second-order valence-corrected chi connectivity index (χ2v) is 17.9.